The maximum Gasteiger partial charge on any atom is 0.338 e. The number of nitrogens with zero attached hydrogens (tertiary/aromatic N) is 2. The summed E-state index contributed by atoms with van der Waals surface area (Å²) in [5.74, 6) is 1.10. The largest absolute Gasteiger partial charge is 0.496 e. The molecule has 0 saturated heterocycles. The molecule has 0 amide bonds. The summed E-state index contributed by atoms with van der Waals surface area (Å²) in [6, 6.07) is 16.5. The molecular weight excluding hydrogens is 620 g/mol. The van der Waals surface area contributed by atoms with Crippen LogP contribution < -0.4 is 14.2 Å². The fourth-order valence-electron chi connectivity index (χ4n) is 5.57. The first-order valence-electron chi connectivity index (χ1n) is 15.7. The first-order chi connectivity index (χ1) is 22.9. The van der Waals surface area contributed by atoms with Gasteiger partial charge in [0.2, 0.25) is 0 Å². The second kappa shape index (κ2) is 15.7. The predicted octanol–water partition coefficient (Wildman–Crippen LogP) is 7.50. The minimum Gasteiger partial charge on any atom is -0.496 e. The van der Waals surface area contributed by atoms with Crippen LogP contribution in [0.25, 0.3) is 17.3 Å². The molecule has 0 bridgehead atoms. The second-order valence-electron chi connectivity index (χ2n) is 11.0. The van der Waals surface area contributed by atoms with E-state index in [1.807, 2.05) is 41.1 Å². The summed E-state index contributed by atoms with van der Waals surface area (Å²) in [4.78, 5) is 25.8. The number of halogens is 1. The molecule has 0 atom stereocenters. The summed E-state index contributed by atoms with van der Waals surface area (Å²) >= 11 is 6.48. The van der Waals surface area contributed by atoms with E-state index in [-0.39, 0.29) is 19.6 Å². The number of methoxy groups -OCH3 is 2. The van der Waals surface area contributed by atoms with E-state index in [4.69, 9.17) is 40.4 Å². The SMILES string of the molecule is CCCCn1ncc(C=C(Cc2cc3c(cc2OC)CCO3)C(=O)OCC)c1-c1ccc(Cl)cc1OCc1ccccc1C(=O)OC. The Morgan fingerprint density at radius 2 is 1.87 bits per heavy atom. The quantitative estimate of drug-likeness (QED) is 0.101. The number of fused-ring (bicyclic) bond motifs is 1. The molecule has 0 fully saturated rings. The highest BCUT2D eigenvalue weighted by molar-refractivity contribution is 6.30. The molecule has 9 nitrogen and oxygen atoms in total. The molecule has 47 heavy (non-hydrogen) atoms. The molecule has 0 saturated carbocycles. The Morgan fingerprint density at radius 3 is 2.64 bits per heavy atom. The van der Waals surface area contributed by atoms with Crippen LogP contribution in [0.2, 0.25) is 5.02 Å². The van der Waals surface area contributed by atoms with Crippen LogP contribution in [-0.4, -0.2) is 49.2 Å². The number of aromatic nitrogens is 2. The van der Waals surface area contributed by atoms with E-state index in [1.54, 1.807) is 44.5 Å². The van der Waals surface area contributed by atoms with Crippen molar-refractivity contribution in [1.82, 2.24) is 9.78 Å². The number of carbonyl (C=O) groups is 2. The summed E-state index contributed by atoms with van der Waals surface area (Å²) < 4.78 is 30.3. The Bertz CT molecular complexity index is 1780. The molecule has 1 aliphatic rings. The van der Waals surface area contributed by atoms with E-state index in [1.165, 1.54) is 7.11 Å². The summed E-state index contributed by atoms with van der Waals surface area (Å²) in [6.07, 6.45) is 6.50. The van der Waals surface area contributed by atoms with E-state index < -0.39 is 11.9 Å². The maximum atomic E-state index is 13.4. The van der Waals surface area contributed by atoms with Crippen molar-refractivity contribution in [2.45, 2.75) is 52.7 Å². The van der Waals surface area contributed by atoms with Crippen molar-refractivity contribution in [2.24, 2.45) is 0 Å². The average molecular weight is 659 g/mol. The number of unbranched alkanes of at least 4 members (excludes halogenated alkanes) is 1. The fourth-order valence-corrected chi connectivity index (χ4v) is 5.73. The molecule has 0 aliphatic carbocycles. The van der Waals surface area contributed by atoms with Crippen LogP contribution >= 0.6 is 11.6 Å². The van der Waals surface area contributed by atoms with Gasteiger partial charge in [0.25, 0.3) is 0 Å². The van der Waals surface area contributed by atoms with Gasteiger partial charge < -0.3 is 23.7 Å². The van der Waals surface area contributed by atoms with E-state index in [0.29, 0.717) is 51.9 Å². The standard InChI is InChI=1S/C37H39ClN2O7/c1-5-7-15-40-35(31-13-12-29(38)21-34(31)47-23-25-10-8-9-11-30(25)37(42)44-4)28(22-39-40)18-27(36(41)45-6-2)17-26-20-33-24(14-16-46-33)19-32(26)43-3/h8-13,18-22H,5-7,14-17,23H2,1-4H3. The molecule has 5 rings (SSSR count). The number of carbonyl (C=O) groups excluding carboxylic acids is 2. The monoisotopic (exact) mass is 658 g/mol. The molecule has 1 aliphatic heterocycles. The van der Waals surface area contributed by atoms with Crippen LogP contribution in [0.4, 0.5) is 0 Å². The Hall–Kier alpha value is -4.76. The van der Waals surface area contributed by atoms with Gasteiger partial charge in [-0.3, -0.25) is 4.68 Å². The van der Waals surface area contributed by atoms with Gasteiger partial charge in [-0.25, -0.2) is 9.59 Å². The van der Waals surface area contributed by atoms with Crippen molar-refractivity contribution in [2.75, 3.05) is 27.4 Å². The molecule has 0 radical (unpaired) electrons. The molecule has 2 heterocycles. The number of hydrogen-bond acceptors (Lipinski definition) is 8. The Kier molecular flexibility index (Phi) is 11.2. The zero-order valence-corrected chi connectivity index (χ0v) is 27.9. The zero-order chi connectivity index (χ0) is 33.3. The van der Waals surface area contributed by atoms with Crippen LogP contribution in [0, 0.1) is 0 Å². The van der Waals surface area contributed by atoms with Gasteiger partial charge in [-0.2, -0.15) is 5.10 Å². The Balaban J connectivity index is 1.58. The predicted molar refractivity (Wildman–Crippen MR) is 180 cm³/mol. The van der Waals surface area contributed by atoms with Crippen LogP contribution in [0.1, 0.15) is 59.3 Å². The van der Waals surface area contributed by atoms with Gasteiger partial charge >= 0.3 is 11.9 Å². The molecule has 3 aromatic carbocycles. The van der Waals surface area contributed by atoms with E-state index >= 15 is 0 Å². The van der Waals surface area contributed by atoms with Crippen molar-refractivity contribution >= 4 is 29.6 Å². The van der Waals surface area contributed by atoms with Crippen molar-refractivity contribution < 1.29 is 33.3 Å². The van der Waals surface area contributed by atoms with Gasteiger partial charge in [0.1, 0.15) is 23.9 Å². The maximum absolute atomic E-state index is 13.4. The van der Waals surface area contributed by atoms with Gasteiger partial charge in [-0.05, 0) is 55.8 Å². The summed E-state index contributed by atoms with van der Waals surface area (Å²) in [5, 5.41) is 5.22. The number of esters is 2. The number of ether oxygens (including phenoxy) is 5. The third kappa shape index (κ3) is 7.80. The summed E-state index contributed by atoms with van der Waals surface area (Å²) in [7, 11) is 2.97. The molecule has 10 heteroatoms. The van der Waals surface area contributed by atoms with E-state index in [0.717, 1.165) is 47.4 Å². The van der Waals surface area contributed by atoms with Crippen molar-refractivity contribution in [1.29, 1.82) is 0 Å². The average Bonchev–Trinajstić information content (AvgIpc) is 3.71. The van der Waals surface area contributed by atoms with Crippen LogP contribution in [0.5, 0.6) is 17.2 Å². The molecule has 0 spiro atoms. The lowest BCUT2D eigenvalue weighted by atomic mass is 9.98. The number of hydrogen-bond donors (Lipinski definition) is 0. The molecule has 1 aromatic heterocycles. The van der Waals surface area contributed by atoms with E-state index in [9.17, 15) is 9.59 Å². The van der Waals surface area contributed by atoms with Crippen molar-refractivity contribution in [3.63, 3.8) is 0 Å². The molecule has 246 valence electrons. The molecule has 0 N–H and O–H groups in total. The van der Waals surface area contributed by atoms with Gasteiger partial charge in [0.05, 0.1) is 44.9 Å². The van der Waals surface area contributed by atoms with E-state index in [2.05, 4.69) is 6.92 Å². The Labute approximate surface area is 280 Å². The smallest absolute Gasteiger partial charge is 0.338 e. The highest BCUT2D eigenvalue weighted by atomic mass is 35.5. The number of aryl methyl sites for hydroxylation is 1. The fraction of sp³-hybridized carbons (Fsp3) is 0.324. The first kappa shape index (κ1) is 33.6. The lowest BCUT2D eigenvalue weighted by Crippen LogP contribution is -2.11. The highest BCUT2D eigenvalue weighted by Gasteiger charge is 2.23. The van der Waals surface area contributed by atoms with Gasteiger partial charge in [-0.15, -0.1) is 0 Å². The zero-order valence-electron chi connectivity index (χ0n) is 27.1. The third-order valence-electron chi connectivity index (χ3n) is 7.94. The van der Waals surface area contributed by atoms with Gasteiger partial charge in [0.15, 0.2) is 0 Å². The lowest BCUT2D eigenvalue weighted by molar-refractivity contribution is -0.138. The Morgan fingerprint density at radius 1 is 1.04 bits per heavy atom. The normalized spacial score (nSPS) is 12.3. The molecular formula is C37H39ClN2O7. The lowest BCUT2D eigenvalue weighted by Gasteiger charge is -2.16. The molecule has 4 aromatic rings. The summed E-state index contributed by atoms with van der Waals surface area (Å²) in [6.45, 7) is 5.49. The third-order valence-corrected chi connectivity index (χ3v) is 8.17. The van der Waals surface area contributed by atoms with Gasteiger partial charge in [-0.1, -0.05) is 43.1 Å². The molecule has 0 unspecified atom stereocenters. The van der Waals surface area contributed by atoms with Crippen LogP contribution in [-0.2, 0) is 40.3 Å². The highest BCUT2D eigenvalue weighted by Crippen LogP contribution is 2.38. The van der Waals surface area contributed by atoms with Crippen LogP contribution in [0.15, 0.2) is 66.4 Å². The van der Waals surface area contributed by atoms with Crippen molar-refractivity contribution in [3.05, 3.63) is 99.2 Å². The minimum atomic E-state index is -0.446. The number of benzene rings is 3. The first-order valence-corrected chi connectivity index (χ1v) is 16.1. The summed E-state index contributed by atoms with van der Waals surface area (Å²) in [5.41, 5.74) is 5.62. The van der Waals surface area contributed by atoms with Crippen molar-refractivity contribution in [3.8, 4) is 28.5 Å². The topological polar surface area (TPSA) is 98.1 Å². The van der Waals surface area contributed by atoms with Gasteiger partial charge in [0, 0.05) is 57.8 Å². The van der Waals surface area contributed by atoms with Crippen LogP contribution in [0.3, 0.4) is 0 Å². The minimum absolute atomic E-state index is 0.0984. The second-order valence-corrected chi connectivity index (χ2v) is 11.5. The number of rotatable bonds is 14.